The molecule has 1 aliphatic rings. The van der Waals surface area contributed by atoms with Crippen LogP contribution in [0.25, 0.3) is 54.2 Å². The average Bonchev–Trinajstić information content (AvgIpc) is 3.44. The third-order valence-corrected chi connectivity index (χ3v) is 8.02. The first-order chi connectivity index (χ1) is 20.3. The molecule has 0 aliphatic heterocycles. The van der Waals surface area contributed by atoms with E-state index in [-0.39, 0.29) is 0 Å². The molecule has 0 spiro atoms. The van der Waals surface area contributed by atoms with E-state index in [0.29, 0.717) is 0 Å². The highest BCUT2D eigenvalue weighted by molar-refractivity contribution is 6.17. The predicted molar refractivity (Wildman–Crippen MR) is 178 cm³/mol. The van der Waals surface area contributed by atoms with Gasteiger partial charge in [-0.15, -0.1) is 0 Å². The van der Waals surface area contributed by atoms with E-state index >= 15 is 0 Å². The highest BCUT2D eigenvalue weighted by atomic mass is 14.2. The summed E-state index contributed by atoms with van der Waals surface area (Å²) in [6.45, 7) is 0. The molecule has 0 N–H and O–H groups in total. The van der Waals surface area contributed by atoms with Crippen LogP contribution in [0.1, 0.15) is 11.1 Å². The zero-order valence-electron chi connectivity index (χ0n) is 22.9. The molecule has 0 saturated heterocycles. The fourth-order valence-corrected chi connectivity index (χ4v) is 5.98. The Morgan fingerprint density at radius 3 is 1.02 bits per heavy atom. The number of fused-ring (bicyclic) bond motifs is 9. The molecule has 8 aromatic rings. The van der Waals surface area contributed by atoms with Crippen LogP contribution >= 0.6 is 0 Å². The van der Waals surface area contributed by atoms with Gasteiger partial charge in [0.25, 0.3) is 0 Å². The Kier molecular flexibility index (Phi) is 6.73. The minimum atomic E-state index is 1.10. The summed E-state index contributed by atoms with van der Waals surface area (Å²) in [5, 5.41) is 10.6. The molecule has 0 atom stereocenters. The lowest BCUT2D eigenvalue weighted by Crippen LogP contribution is -1.79. The summed E-state index contributed by atoms with van der Waals surface area (Å²) in [5.41, 5.74) is 5.75. The van der Waals surface area contributed by atoms with E-state index in [9.17, 15) is 0 Å². The van der Waals surface area contributed by atoms with Crippen molar-refractivity contribution in [3.63, 3.8) is 0 Å². The number of rotatable bonds is 0. The largest absolute Gasteiger partial charge is 0.0619 e. The lowest BCUT2D eigenvalue weighted by atomic mass is 9.97. The third-order valence-electron chi connectivity index (χ3n) is 8.02. The molecule has 0 unspecified atom stereocenters. The van der Waals surface area contributed by atoms with Crippen molar-refractivity contribution in [1.82, 2.24) is 0 Å². The Labute approximate surface area is 241 Å². The van der Waals surface area contributed by atoms with Gasteiger partial charge in [0.15, 0.2) is 0 Å². The van der Waals surface area contributed by atoms with Crippen molar-refractivity contribution >= 4 is 43.1 Å². The Hall–Kier alpha value is -5.20. The molecule has 9 rings (SSSR count). The number of hydrogen-bond acceptors (Lipinski definition) is 0. The van der Waals surface area contributed by atoms with Gasteiger partial charge in [0.05, 0.1) is 0 Å². The van der Waals surface area contributed by atoms with E-state index in [1.807, 2.05) is 0 Å². The smallest absolute Gasteiger partial charge is 0.00135 e. The van der Waals surface area contributed by atoms with Gasteiger partial charge in [-0.25, -0.2) is 0 Å². The first-order valence-electron chi connectivity index (χ1n) is 14.2. The fraction of sp³-hybridized carbons (Fsp3) is 0.0244. The lowest BCUT2D eigenvalue weighted by Gasteiger charge is -2.07. The van der Waals surface area contributed by atoms with Gasteiger partial charge in [-0.2, -0.15) is 0 Å². The Balaban J connectivity index is 0.000000106. The molecule has 1 aliphatic carbocycles. The van der Waals surface area contributed by atoms with Gasteiger partial charge in [-0.1, -0.05) is 170 Å². The van der Waals surface area contributed by atoms with E-state index in [1.165, 1.54) is 65.3 Å². The molecule has 0 bridgehead atoms. The highest BCUT2D eigenvalue weighted by Crippen LogP contribution is 2.35. The van der Waals surface area contributed by atoms with Gasteiger partial charge in [-0.05, 0) is 71.8 Å². The van der Waals surface area contributed by atoms with E-state index in [1.54, 1.807) is 0 Å². The maximum atomic E-state index is 2.24. The van der Waals surface area contributed by atoms with Crippen molar-refractivity contribution in [2.24, 2.45) is 0 Å². The van der Waals surface area contributed by atoms with Crippen LogP contribution in [0.4, 0.5) is 0 Å². The van der Waals surface area contributed by atoms with Crippen molar-refractivity contribution in [2.75, 3.05) is 0 Å². The first-order valence-corrected chi connectivity index (χ1v) is 14.2. The van der Waals surface area contributed by atoms with Crippen LogP contribution in [0, 0.1) is 0 Å². The molecule has 0 nitrogen and oxygen atoms in total. The normalized spacial score (nSPS) is 11.3. The second-order valence-electron chi connectivity index (χ2n) is 10.5. The molecule has 194 valence electrons. The maximum absolute atomic E-state index is 2.24. The van der Waals surface area contributed by atoms with Crippen LogP contribution in [-0.2, 0) is 6.42 Å². The van der Waals surface area contributed by atoms with Crippen molar-refractivity contribution in [3.05, 3.63) is 181 Å². The molecule has 0 saturated carbocycles. The molecular formula is C41H30. The average molecular weight is 523 g/mol. The number of benzene rings is 8. The van der Waals surface area contributed by atoms with Crippen LogP contribution in [0.2, 0.25) is 0 Å². The zero-order chi connectivity index (χ0) is 27.4. The lowest BCUT2D eigenvalue weighted by molar-refractivity contribution is 1.26. The standard InChI is InChI=1S/C18H12.C13H10.C10H8/c1-3-7-15-13(5-1)9-11-18-16-8-4-2-6-14(16)10-12-17(15)18;1-3-7-12-10(5-1)9-11-6-2-4-8-13(11)12;1-2-6-10-8-4-3-7-9(10)5-1/h1-12H;1-8H,9H2;1-8H. The molecule has 0 aromatic heterocycles. The fourth-order valence-electron chi connectivity index (χ4n) is 5.98. The summed E-state index contributed by atoms with van der Waals surface area (Å²) in [7, 11) is 0. The van der Waals surface area contributed by atoms with Gasteiger partial charge in [0, 0.05) is 0 Å². The molecule has 0 radical (unpaired) electrons. The minimum Gasteiger partial charge on any atom is -0.0619 e. The summed E-state index contributed by atoms with van der Waals surface area (Å²) < 4.78 is 0. The minimum absolute atomic E-state index is 1.10. The summed E-state index contributed by atoms with van der Waals surface area (Å²) in [4.78, 5) is 0. The van der Waals surface area contributed by atoms with Gasteiger partial charge < -0.3 is 0 Å². The molecule has 0 amide bonds. The highest BCUT2D eigenvalue weighted by Gasteiger charge is 2.15. The van der Waals surface area contributed by atoms with Crippen molar-refractivity contribution < 1.29 is 0 Å². The summed E-state index contributed by atoms with van der Waals surface area (Å²) in [6.07, 6.45) is 1.10. The summed E-state index contributed by atoms with van der Waals surface area (Å²) >= 11 is 0. The Morgan fingerprint density at radius 1 is 0.244 bits per heavy atom. The van der Waals surface area contributed by atoms with Crippen LogP contribution in [0.15, 0.2) is 170 Å². The Bertz CT molecular complexity index is 1950. The number of hydrogen-bond donors (Lipinski definition) is 0. The van der Waals surface area contributed by atoms with Crippen molar-refractivity contribution in [3.8, 4) is 11.1 Å². The van der Waals surface area contributed by atoms with Crippen LogP contribution in [0.3, 0.4) is 0 Å². The second kappa shape index (κ2) is 11.1. The second-order valence-corrected chi connectivity index (χ2v) is 10.5. The Morgan fingerprint density at radius 2 is 0.585 bits per heavy atom. The van der Waals surface area contributed by atoms with Crippen molar-refractivity contribution in [1.29, 1.82) is 0 Å². The molecule has 8 aromatic carbocycles. The van der Waals surface area contributed by atoms with Crippen molar-refractivity contribution in [2.45, 2.75) is 6.42 Å². The molecule has 0 fully saturated rings. The van der Waals surface area contributed by atoms with Gasteiger partial charge in [0.2, 0.25) is 0 Å². The maximum Gasteiger partial charge on any atom is -0.00135 e. The quantitative estimate of drug-likeness (QED) is 0.174. The van der Waals surface area contributed by atoms with E-state index in [4.69, 9.17) is 0 Å². The first kappa shape index (κ1) is 24.8. The van der Waals surface area contributed by atoms with E-state index < -0.39 is 0 Å². The molecule has 0 heteroatoms. The van der Waals surface area contributed by atoms with Crippen LogP contribution in [-0.4, -0.2) is 0 Å². The molecule has 0 heterocycles. The SMILES string of the molecule is c1ccc2c(c1)Cc1ccccc1-2.c1ccc2c(c1)ccc1c3ccccc3ccc21.c1ccc2ccccc2c1. The molecule has 41 heavy (non-hydrogen) atoms. The zero-order valence-corrected chi connectivity index (χ0v) is 22.9. The van der Waals surface area contributed by atoms with E-state index in [0.717, 1.165) is 6.42 Å². The summed E-state index contributed by atoms with van der Waals surface area (Å²) in [5.74, 6) is 0. The summed E-state index contributed by atoms with van der Waals surface area (Å²) in [6, 6.07) is 60.1. The predicted octanol–water partition coefficient (Wildman–Crippen LogP) is 11.2. The van der Waals surface area contributed by atoms with E-state index in [2.05, 4.69) is 170 Å². The van der Waals surface area contributed by atoms with Gasteiger partial charge >= 0.3 is 0 Å². The van der Waals surface area contributed by atoms with Gasteiger partial charge in [-0.3, -0.25) is 0 Å². The molecular weight excluding hydrogens is 492 g/mol. The monoisotopic (exact) mass is 522 g/mol. The van der Waals surface area contributed by atoms with Crippen LogP contribution < -0.4 is 0 Å². The van der Waals surface area contributed by atoms with Crippen LogP contribution in [0.5, 0.6) is 0 Å². The topological polar surface area (TPSA) is 0 Å². The third kappa shape index (κ3) is 4.97. The van der Waals surface area contributed by atoms with Gasteiger partial charge in [0.1, 0.15) is 0 Å².